The van der Waals surface area contributed by atoms with Crippen molar-refractivity contribution >= 4 is 11.8 Å². The molecule has 0 radical (unpaired) electrons. The van der Waals surface area contributed by atoms with E-state index in [2.05, 4.69) is 4.74 Å². The van der Waals surface area contributed by atoms with Crippen LogP contribution in [0.25, 0.3) is 0 Å². The van der Waals surface area contributed by atoms with Gasteiger partial charge in [0.2, 0.25) is 5.69 Å². The number of esters is 1. The van der Waals surface area contributed by atoms with Crippen molar-refractivity contribution in [1.82, 2.24) is 4.68 Å². The highest BCUT2D eigenvalue weighted by molar-refractivity contribution is 5.88. The third kappa shape index (κ3) is 1.65. The molecule has 2 N–H and O–H groups in total. The number of nitrogens with zero attached hydrogens (tertiary/aromatic N) is 2. The Morgan fingerprint density at radius 2 is 2.36 bits per heavy atom. The number of ether oxygens (including phenoxy) is 1. The first-order chi connectivity index (χ1) is 6.57. The van der Waals surface area contributed by atoms with Crippen LogP contribution < -0.4 is 5.84 Å². The SMILES string of the molecule is CCOC(=O)c1ccc([N+](=O)[O-])n1N. The summed E-state index contributed by atoms with van der Waals surface area (Å²) in [6, 6.07) is 2.39. The molecule has 7 heteroatoms. The number of nitrogen functional groups attached to an aromatic ring is 1. The van der Waals surface area contributed by atoms with Gasteiger partial charge in [0.05, 0.1) is 6.61 Å². The molecule has 0 amide bonds. The standard InChI is InChI=1S/C7H9N3O4/c1-2-14-7(11)5-3-4-6(9(5)8)10(12)13/h3-4H,2,8H2,1H3. The molecule has 0 bridgehead atoms. The predicted molar refractivity (Wildman–Crippen MR) is 47.2 cm³/mol. The van der Waals surface area contributed by atoms with Gasteiger partial charge in [-0.15, -0.1) is 4.68 Å². The van der Waals surface area contributed by atoms with Gasteiger partial charge in [-0.2, -0.15) is 0 Å². The quantitative estimate of drug-likeness (QED) is 0.326. The van der Waals surface area contributed by atoms with Crippen LogP contribution in [0, 0.1) is 10.1 Å². The molecule has 0 atom stereocenters. The van der Waals surface area contributed by atoms with E-state index in [9.17, 15) is 14.9 Å². The highest BCUT2D eigenvalue weighted by Crippen LogP contribution is 2.13. The van der Waals surface area contributed by atoms with Crippen LogP contribution in [0.5, 0.6) is 0 Å². The fourth-order valence-corrected chi connectivity index (χ4v) is 0.958. The van der Waals surface area contributed by atoms with Gasteiger partial charge in [-0.05, 0) is 11.8 Å². The third-order valence-corrected chi connectivity index (χ3v) is 1.57. The summed E-state index contributed by atoms with van der Waals surface area (Å²) < 4.78 is 5.33. The Kier molecular flexibility index (Phi) is 2.70. The van der Waals surface area contributed by atoms with Gasteiger partial charge in [-0.1, -0.05) is 0 Å². The molecule has 0 unspecified atom stereocenters. The van der Waals surface area contributed by atoms with Gasteiger partial charge in [0.25, 0.3) is 0 Å². The minimum Gasteiger partial charge on any atom is -0.460 e. The van der Waals surface area contributed by atoms with Crippen LogP contribution in [0.15, 0.2) is 12.1 Å². The van der Waals surface area contributed by atoms with Gasteiger partial charge in [-0.25, -0.2) is 4.79 Å². The van der Waals surface area contributed by atoms with E-state index in [0.717, 1.165) is 6.07 Å². The average Bonchev–Trinajstić information content (AvgIpc) is 2.47. The molecule has 0 aromatic carbocycles. The largest absolute Gasteiger partial charge is 0.460 e. The van der Waals surface area contributed by atoms with Crippen LogP contribution in [0.2, 0.25) is 0 Å². The van der Waals surface area contributed by atoms with Crippen molar-refractivity contribution in [2.75, 3.05) is 12.4 Å². The summed E-state index contributed by atoms with van der Waals surface area (Å²) in [6.07, 6.45) is 0. The number of nitrogens with two attached hydrogens (primary N) is 1. The number of rotatable bonds is 3. The first kappa shape index (κ1) is 10.0. The van der Waals surface area contributed by atoms with Crippen LogP contribution in [0.4, 0.5) is 5.82 Å². The van der Waals surface area contributed by atoms with E-state index in [1.165, 1.54) is 6.07 Å². The van der Waals surface area contributed by atoms with Gasteiger partial charge >= 0.3 is 11.8 Å². The normalized spacial score (nSPS) is 9.79. The number of carbonyl (C=O) groups excluding carboxylic acids is 1. The summed E-state index contributed by atoms with van der Waals surface area (Å²) in [7, 11) is 0. The number of hydrogen-bond donors (Lipinski definition) is 1. The van der Waals surface area contributed by atoms with Crippen LogP contribution in [0.1, 0.15) is 17.4 Å². The van der Waals surface area contributed by atoms with Crippen LogP contribution in [-0.2, 0) is 4.74 Å². The zero-order chi connectivity index (χ0) is 10.7. The molecule has 0 aliphatic heterocycles. The Bertz CT molecular complexity index is 371. The first-order valence-electron chi connectivity index (χ1n) is 3.86. The Labute approximate surface area is 79.2 Å². The minimum atomic E-state index is -0.678. The number of aromatic nitrogens is 1. The van der Waals surface area contributed by atoms with Crippen molar-refractivity contribution in [2.45, 2.75) is 6.92 Å². The molecule has 0 spiro atoms. The summed E-state index contributed by atoms with van der Waals surface area (Å²) in [5.74, 6) is 4.28. The zero-order valence-corrected chi connectivity index (χ0v) is 7.47. The molecule has 0 saturated heterocycles. The maximum Gasteiger partial charge on any atom is 0.380 e. The summed E-state index contributed by atoms with van der Waals surface area (Å²) in [5, 5.41) is 10.4. The molecule has 0 fully saturated rings. The lowest BCUT2D eigenvalue weighted by Gasteiger charge is -1.99. The number of nitro groups is 1. The third-order valence-electron chi connectivity index (χ3n) is 1.57. The van der Waals surface area contributed by atoms with E-state index in [4.69, 9.17) is 5.84 Å². The van der Waals surface area contributed by atoms with E-state index in [1.807, 2.05) is 0 Å². The van der Waals surface area contributed by atoms with Crippen molar-refractivity contribution in [3.8, 4) is 0 Å². The molecule has 7 nitrogen and oxygen atoms in total. The van der Waals surface area contributed by atoms with Crippen molar-refractivity contribution in [1.29, 1.82) is 0 Å². The molecule has 1 aromatic rings. The molecule has 0 aliphatic carbocycles. The second-order valence-electron chi connectivity index (χ2n) is 2.42. The molecule has 0 aliphatic rings. The summed E-state index contributed by atoms with van der Waals surface area (Å²) >= 11 is 0. The Balaban J connectivity index is 3.00. The lowest BCUT2D eigenvalue weighted by molar-refractivity contribution is -0.391. The maximum atomic E-state index is 11.2. The number of hydrogen-bond acceptors (Lipinski definition) is 5. The molecule has 1 rings (SSSR count). The Morgan fingerprint density at radius 1 is 1.71 bits per heavy atom. The van der Waals surface area contributed by atoms with Crippen molar-refractivity contribution in [2.24, 2.45) is 0 Å². The van der Waals surface area contributed by atoms with Gasteiger partial charge in [-0.3, -0.25) is 5.84 Å². The maximum absolute atomic E-state index is 11.2. The molecular weight excluding hydrogens is 190 g/mol. The topological polar surface area (TPSA) is 100 Å². The minimum absolute atomic E-state index is 0.0430. The Morgan fingerprint density at radius 3 is 2.79 bits per heavy atom. The van der Waals surface area contributed by atoms with E-state index >= 15 is 0 Å². The fourth-order valence-electron chi connectivity index (χ4n) is 0.958. The molecule has 76 valence electrons. The zero-order valence-electron chi connectivity index (χ0n) is 7.47. The van der Waals surface area contributed by atoms with Gasteiger partial charge in [0.1, 0.15) is 0 Å². The fraction of sp³-hybridized carbons (Fsp3) is 0.286. The lowest BCUT2D eigenvalue weighted by atomic mass is 10.4. The first-order valence-corrected chi connectivity index (χ1v) is 3.86. The molecule has 1 heterocycles. The smallest absolute Gasteiger partial charge is 0.380 e. The predicted octanol–water partition coefficient (Wildman–Crippen LogP) is 0.287. The van der Waals surface area contributed by atoms with Gasteiger partial charge in [0.15, 0.2) is 0 Å². The highest BCUT2D eigenvalue weighted by Gasteiger charge is 2.22. The summed E-state index contributed by atoms with van der Waals surface area (Å²) in [6.45, 7) is 1.83. The van der Waals surface area contributed by atoms with Crippen LogP contribution in [-0.4, -0.2) is 22.2 Å². The monoisotopic (exact) mass is 199 g/mol. The molecule has 1 aromatic heterocycles. The Hall–Kier alpha value is -2.05. The molecule has 0 saturated carbocycles. The highest BCUT2D eigenvalue weighted by atomic mass is 16.6. The van der Waals surface area contributed by atoms with Crippen molar-refractivity contribution in [3.05, 3.63) is 27.9 Å². The van der Waals surface area contributed by atoms with Crippen LogP contribution in [0.3, 0.4) is 0 Å². The summed E-state index contributed by atoms with van der Waals surface area (Å²) in [5.41, 5.74) is -0.0430. The van der Waals surface area contributed by atoms with E-state index in [1.54, 1.807) is 6.92 Å². The number of carbonyl (C=O) groups is 1. The van der Waals surface area contributed by atoms with Crippen molar-refractivity contribution in [3.63, 3.8) is 0 Å². The van der Waals surface area contributed by atoms with E-state index < -0.39 is 10.9 Å². The lowest BCUT2D eigenvalue weighted by Crippen LogP contribution is -2.19. The van der Waals surface area contributed by atoms with Crippen LogP contribution >= 0.6 is 0 Å². The van der Waals surface area contributed by atoms with Crippen molar-refractivity contribution < 1.29 is 14.5 Å². The van der Waals surface area contributed by atoms with E-state index in [-0.39, 0.29) is 18.1 Å². The van der Waals surface area contributed by atoms with Gasteiger partial charge < -0.3 is 14.9 Å². The average molecular weight is 199 g/mol. The second-order valence-corrected chi connectivity index (χ2v) is 2.42. The molecular formula is C7H9N3O4. The van der Waals surface area contributed by atoms with E-state index in [0.29, 0.717) is 4.68 Å². The van der Waals surface area contributed by atoms with Gasteiger partial charge in [0, 0.05) is 12.1 Å². The summed E-state index contributed by atoms with van der Waals surface area (Å²) in [4.78, 5) is 20.8. The molecule has 14 heavy (non-hydrogen) atoms. The second kappa shape index (κ2) is 3.77.